The highest BCUT2D eigenvalue weighted by Crippen LogP contribution is 2.13. The van der Waals surface area contributed by atoms with Crippen LogP contribution >= 0.6 is 11.9 Å². The smallest absolute Gasteiger partial charge is 0.146 e. The van der Waals surface area contributed by atoms with Crippen molar-refractivity contribution < 1.29 is 9.40 Å². The van der Waals surface area contributed by atoms with Gasteiger partial charge in [-0.05, 0) is 24.1 Å². The molecule has 11 heavy (non-hydrogen) atoms. The van der Waals surface area contributed by atoms with Crippen LogP contribution in [-0.2, 0) is 6.42 Å². The second-order valence-corrected chi connectivity index (χ2v) is 2.35. The van der Waals surface area contributed by atoms with Gasteiger partial charge in [0.25, 0.3) is 0 Å². The molecule has 1 aromatic rings. The van der Waals surface area contributed by atoms with E-state index in [1.54, 1.807) is 12.1 Å². The molecular weight excluding hydrogens is 164 g/mol. The Morgan fingerprint density at radius 3 is 2.36 bits per heavy atom. The highest BCUT2D eigenvalue weighted by Gasteiger charge is 1.92. The SMILES string of the molecule is OCCc1ccc(OCl)cc1. The maximum Gasteiger partial charge on any atom is 0.146 e. The van der Waals surface area contributed by atoms with Crippen LogP contribution < -0.4 is 4.29 Å². The van der Waals surface area contributed by atoms with Gasteiger partial charge in [-0.2, -0.15) is 0 Å². The number of hydrogen-bond donors (Lipinski definition) is 1. The second kappa shape index (κ2) is 4.21. The van der Waals surface area contributed by atoms with E-state index in [4.69, 9.17) is 17.0 Å². The largest absolute Gasteiger partial charge is 0.396 e. The Hall–Kier alpha value is -0.730. The minimum atomic E-state index is 0.168. The first-order valence-electron chi connectivity index (χ1n) is 3.35. The van der Waals surface area contributed by atoms with Crippen molar-refractivity contribution in [3.8, 4) is 5.75 Å². The van der Waals surface area contributed by atoms with Gasteiger partial charge in [0.05, 0.1) is 0 Å². The molecule has 0 amide bonds. The van der Waals surface area contributed by atoms with Crippen LogP contribution in [-0.4, -0.2) is 11.7 Å². The lowest BCUT2D eigenvalue weighted by Crippen LogP contribution is -1.89. The number of aliphatic hydroxyl groups excluding tert-OH is 1. The van der Waals surface area contributed by atoms with E-state index in [0.717, 1.165) is 5.56 Å². The first kappa shape index (κ1) is 8.37. The summed E-state index contributed by atoms with van der Waals surface area (Å²) in [5, 5.41) is 8.59. The van der Waals surface area contributed by atoms with Gasteiger partial charge in [-0.15, -0.1) is 0 Å². The number of aliphatic hydroxyl groups is 1. The summed E-state index contributed by atoms with van der Waals surface area (Å²) in [5.41, 5.74) is 1.07. The van der Waals surface area contributed by atoms with Crippen molar-refractivity contribution in [2.45, 2.75) is 6.42 Å². The zero-order valence-electron chi connectivity index (χ0n) is 5.96. The fraction of sp³-hybridized carbons (Fsp3) is 0.250. The van der Waals surface area contributed by atoms with Crippen LogP contribution in [0.3, 0.4) is 0 Å². The van der Waals surface area contributed by atoms with Crippen LogP contribution in [0.15, 0.2) is 24.3 Å². The van der Waals surface area contributed by atoms with Crippen molar-refractivity contribution in [2.75, 3.05) is 6.61 Å². The molecule has 0 radical (unpaired) electrons. The molecule has 3 heteroatoms. The molecule has 0 saturated carbocycles. The Bertz CT molecular complexity index is 208. The Labute approximate surface area is 70.5 Å². The molecular formula is C8H9ClO2. The molecule has 0 bridgehead atoms. The van der Waals surface area contributed by atoms with Gasteiger partial charge in [0.1, 0.15) is 17.6 Å². The van der Waals surface area contributed by atoms with E-state index in [1.165, 1.54) is 0 Å². The van der Waals surface area contributed by atoms with Gasteiger partial charge in [0.15, 0.2) is 0 Å². The molecule has 1 aromatic carbocycles. The fourth-order valence-corrected chi connectivity index (χ4v) is 0.940. The third-order valence-corrected chi connectivity index (χ3v) is 1.59. The van der Waals surface area contributed by atoms with Gasteiger partial charge in [-0.25, -0.2) is 0 Å². The van der Waals surface area contributed by atoms with E-state index in [2.05, 4.69) is 4.29 Å². The van der Waals surface area contributed by atoms with Crippen molar-refractivity contribution in [1.82, 2.24) is 0 Å². The summed E-state index contributed by atoms with van der Waals surface area (Å²) in [6.45, 7) is 0.168. The normalized spacial score (nSPS) is 9.64. The zero-order valence-corrected chi connectivity index (χ0v) is 6.71. The lowest BCUT2D eigenvalue weighted by molar-refractivity contribution is 0.299. The molecule has 0 fully saturated rings. The summed E-state index contributed by atoms with van der Waals surface area (Å²) in [6.07, 6.45) is 0.669. The molecule has 0 saturated heterocycles. The third-order valence-electron chi connectivity index (χ3n) is 1.41. The maximum absolute atomic E-state index is 8.59. The standard InChI is InChI=1S/C8H9ClO2/c9-11-8-3-1-7(2-4-8)5-6-10/h1-4,10H,5-6H2. The van der Waals surface area contributed by atoms with Gasteiger partial charge >= 0.3 is 0 Å². The van der Waals surface area contributed by atoms with Gasteiger partial charge in [0, 0.05) is 6.61 Å². The average molecular weight is 173 g/mol. The highest BCUT2D eigenvalue weighted by atomic mass is 35.5. The molecule has 1 N–H and O–H groups in total. The van der Waals surface area contributed by atoms with Gasteiger partial charge in [-0.1, -0.05) is 12.1 Å². The van der Waals surface area contributed by atoms with E-state index in [9.17, 15) is 0 Å². The van der Waals surface area contributed by atoms with Gasteiger partial charge < -0.3 is 9.40 Å². The molecule has 0 aliphatic rings. The lowest BCUT2D eigenvalue weighted by Gasteiger charge is -1.98. The summed E-state index contributed by atoms with van der Waals surface area (Å²) in [4.78, 5) is 0. The Morgan fingerprint density at radius 2 is 1.91 bits per heavy atom. The van der Waals surface area contributed by atoms with Crippen molar-refractivity contribution >= 4 is 11.9 Å². The van der Waals surface area contributed by atoms with E-state index in [1.807, 2.05) is 12.1 Å². The Kier molecular flexibility index (Phi) is 3.20. The fourth-order valence-electron chi connectivity index (χ4n) is 0.837. The molecule has 0 aromatic heterocycles. The Morgan fingerprint density at radius 1 is 1.27 bits per heavy atom. The van der Waals surface area contributed by atoms with E-state index < -0.39 is 0 Å². The molecule has 0 aliphatic heterocycles. The number of hydrogen-bond acceptors (Lipinski definition) is 2. The maximum atomic E-state index is 8.59. The number of benzene rings is 1. The molecule has 2 nitrogen and oxygen atoms in total. The minimum Gasteiger partial charge on any atom is -0.396 e. The third kappa shape index (κ3) is 2.41. The molecule has 60 valence electrons. The molecule has 0 unspecified atom stereocenters. The van der Waals surface area contributed by atoms with Crippen molar-refractivity contribution in [2.24, 2.45) is 0 Å². The van der Waals surface area contributed by atoms with Crippen LogP contribution in [0.5, 0.6) is 5.75 Å². The van der Waals surface area contributed by atoms with Crippen LogP contribution in [0.2, 0.25) is 0 Å². The molecule has 0 atom stereocenters. The van der Waals surface area contributed by atoms with Crippen LogP contribution in [0.1, 0.15) is 5.56 Å². The van der Waals surface area contributed by atoms with Crippen LogP contribution in [0.25, 0.3) is 0 Å². The zero-order chi connectivity index (χ0) is 8.10. The first-order chi connectivity index (χ1) is 5.36. The molecule has 0 spiro atoms. The molecule has 0 heterocycles. The summed E-state index contributed by atoms with van der Waals surface area (Å²) in [5.74, 6) is 0.619. The number of rotatable bonds is 3. The lowest BCUT2D eigenvalue weighted by atomic mass is 10.2. The highest BCUT2D eigenvalue weighted by molar-refractivity contribution is 6.09. The van der Waals surface area contributed by atoms with Crippen LogP contribution in [0.4, 0.5) is 0 Å². The summed E-state index contributed by atoms with van der Waals surface area (Å²) in [7, 11) is 0. The van der Waals surface area contributed by atoms with Gasteiger partial charge in [-0.3, -0.25) is 0 Å². The average Bonchev–Trinajstić information content (AvgIpc) is 2.07. The predicted octanol–water partition coefficient (Wildman–Crippen LogP) is 1.75. The van der Waals surface area contributed by atoms with Crippen molar-refractivity contribution in [1.29, 1.82) is 0 Å². The molecule has 1 rings (SSSR count). The monoisotopic (exact) mass is 172 g/mol. The van der Waals surface area contributed by atoms with E-state index in [-0.39, 0.29) is 6.61 Å². The summed E-state index contributed by atoms with van der Waals surface area (Å²) >= 11 is 5.11. The van der Waals surface area contributed by atoms with E-state index >= 15 is 0 Å². The predicted molar refractivity (Wildman–Crippen MR) is 43.7 cm³/mol. The Balaban J connectivity index is 2.66. The quantitative estimate of drug-likeness (QED) is 0.753. The first-order valence-corrected chi connectivity index (χ1v) is 3.66. The minimum absolute atomic E-state index is 0.168. The number of halogens is 1. The van der Waals surface area contributed by atoms with Crippen molar-refractivity contribution in [3.05, 3.63) is 29.8 Å². The van der Waals surface area contributed by atoms with Gasteiger partial charge in [0.2, 0.25) is 0 Å². The van der Waals surface area contributed by atoms with Crippen molar-refractivity contribution in [3.63, 3.8) is 0 Å². The summed E-state index contributed by atoms with van der Waals surface area (Å²) in [6, 6.07) is 7.26. The topological polar surface area (TPSA) is 29.5 Å². The second-order valence-electron chi connectivity index (χ2n) is 2.19. The summed E-state index contributed by atoms with van der Waals surface area (Å²) < 4.78 is 4.46. The molecule has 0 aliphatic carbocycles. The van der Waals surface area contributed by atoms with E-state index in [0.29, 0.717) is 12.2 Å². The van der Waals surface area contributed by atoms with Crippen LogP contribution in [0, 0.1) is 0 Å².